The molecule has 1 saturated heterocycles. The molecule has 2 fully saturated rings. The van der Waals surface area contributed by atoms with E-state index in [1.165, 1.54) is 17.7 Å². The number of carboxylic acids is 1. The fraction of sp³-hybridized carbons (Fsp3) is 0.421. The third-order valence-electron chi connectivity index (χ3n) is 10.6. The predicted molar refractivity (Wildman–Crippen MR) is 180 cm³/mol. The third-order valence-corrected chi connectivity index (χ3v) is 10.6. The van der Waals surface area contributed by atoms with E-state index in [0.717, 1.165) is 109 Å². The van der Waals surface area contributed by atoms with Gasteiger partial charge in [0.2, 0.25) is 0 Å². The van der Waals surface area contributed by atoms with Gasteiger partial charge < -0.3 is 19.1 Å². The van der Waals surface area contributed by atoms with Crippen molar-refractivity contribution in [2.45, 2.75) is 64.0 Å². The van der Waals surface area contributed by atoms with Gasteiger partial charge in [-0.25, -0.2) is 9.18 Å². The standard InChI is InChI=1S/C38H41FN4O4/c1-24-34-31-10-5-9-28-29(11-6-20-47-33-13-4-7-25-23-26(39)14-15-27(25)33)37(38(44)45)43(36(28)31)32-12-3-2-8-30(32)35(34)40-42(24)17-16-41-18-21-46-22-19-41/h4-5,7,9-10,13-15,23,30,32H,2-3,6,8,11-12,16-22H2,1H3,(H,44,45). The molecule has 47 heavy (non-hydrogen) atoms. The lowest BCUT2D eigenvalue weighted by molar-refractivity contribution is 0.0359. The van der Waals surface area contributed by atoms with E-state index in [1.54, 1.807) is 6.07 Å². The first kappa shape index (κ1) is 30.1. The van der Waals surface area contributed by atoms with Crippen molar-refractivity contribution in [1.82, 2.24) is 19.2 Å². The number of carboxylic acid groups (broad SMARTS) is 1. The number of para-hydroxylation sites is 1. The van der Waals surface area contributed by atoms with Crippen LogP contribution < -0.4 is 4.74 Å². The van der Waals surface area contributed by atoms with Crippen LogP contribution in [0.2, 0.25) is 0 Å². The second-order valence-corrected chi connectivity index (χ2v) is 13.3. The molecule has 2 atom stereocenters. The second kappa shape index (κ2) is 12.4. The molecule has 0 bridgehead atoms. The highest BCUT2D eigenvalue weighted by molar-refractivity contribution is 6.05. The highest BCUT2D eigenvalue weighted by atomic mass is 19.1. The lowest BCUT2D eigenvalue weighted by Crippen LogP contribution is -2.38. The number of benzene rings is 3. The molecule has 1 aliphatic carbocycles. The summed E-state index contributed by atoms with van der Waals surface area (Å²) in [7, 11) is 0. The largest absolute Gasteiger partial charge is 0.493 e. The zero-order valence-corrected chi connectivity index (χ0v) is 26.9. The Bertz CT molecular complexity index is 1970. The molecule has 3 aliphatic rings. The second-order valence-electron chi connectivity index (χ2n) is 13.3. The Morgan fingerprint density at radius 3 is 2.72 bits per heavy atom. The summed E-state index contributed by atoms with van der Waals surface area (Å²) in [5, 5.41) is 18.8. The van der Waals surface area contributed by atoms with E-state index >= 15 is 0 Å². The molecule has 0 amide bonds. The van der Waals surface area contributed by atoms with Gasteiger partial charge in [-0.05, 0) is 67.8 Å². The fourth-order valence-electron chi connectivity index (χ4n) is 8.41. The molecular formula is C38H41FN4O4. The van der Waals surface area contributed by atoms with E-state index < -0.39 is 5.97 Å². The Morgan fingerprint density at radius 1 is 1.04 bits per heavy atom. The Labute approximate surface area is 273 Å². The highest BCUT2D eigenvalue weighted by Crippen LogP contribution is 2.52. The number of aromatic nitrogens is 3. The van der Waals surface area contributed by atoms with Gasteiger partial charge in [0.15, 0.2) is 0 Å². The van der Waals surface area contributed by atoms with Crippen LogP contribution in [0.3, 0.4) is 0 Å². The Hall–Kier alpha value is -4.21. The summed E-state index contributed by atoms with van der Waals surface area (Å²) in [4.78, 5) is 15.6. The first-order valence-electron chi connectivity index (χ1n) is 17.1. The van der Waals surface area contributed by atoms with Gasteiger partial charge in [-0.2, -0.15) is 5.10 Å². The number of rotatable bonds is 9. The summed E-state index contributed by atoms with van der Waals surface area (Å²) in [6.07, 6.45) is 5.37. The number of aryl methyl sites for hydroxylation is 1. The minimum absolute atomic E-state index is 0.0443. The quantitative estimate of drug-likeness (QED) is 0.170. The van der Waals surface area contributed by atoms with E-state index in [9.17, 15) is 14.3 Å². The molecule has 5 aromatic rings. The molecule has 2 unspecified atom stereocenters. The van der Waals surface area contributed by atoms with Crippen LogP contribution in [-0.4, -0.2) is 69.8 Å². The molecule has 8 nitrogen and oxygen atoms in total. The Kier molecular flexibility index (Phi) is 7.97. The number of fused-ring (bicyclic) bond motifs is 6. The number of aromatic carboxylic acids is 1. The van der Waals surface area contributed by atoms with Gasteiger partial charge in [0.05, 0.1) is 37.6 Å². The topological polar surface area (TPSA) is 81.8 Å². The van der Waals surface area contributed by atoms with Crippen molar-refractivity contribution in [2.24, 2.45) is 0 Å². The summed E-state index contributed by atoms with van der Waals surface area (Å²) < 4.78 is 29.9. The Balaban J connectivity index is 1.15. The van der Waals surface area contributed by atoms with Gasteiger partial charge in [0, 0.05) is 59.2 Å². The SMILES string of the molecule is Cc1c2c(nn1CCN1CCOCC1)C1CCCCC1n1c(C(=O)O)c(CCCOc3cccc4cc(F)ccc34)c3cccc-2c31. The molecule has 244 valence electrons. The summed E-state index contributed by atoms with van der Waals surface area (Å²) in [5.41, 5.74) is 6.88. The van der Waals surface area contributed by atoms with Gasteiger partial charge in [0.1, 0.15) is 17.3 Å². The number of hydrogen-bond donors (Lipinski definition) is 1. The summed E-state index contributed by atoms with van der Waals surface area (Å²) in [5.74, 6) is -0.285. The van der Waals surface area contributed by atoms with Gasteiger partial charge >= 0.3 is 5.97 Å². The van der Waals surface area contributed by atoms with Gasteiger partial charge in [0.25, 0.3) is 0 Å². The van der Waals surface area contributed by atoms with Gasteiger partial charge in [-0.15, -0.1) is 0 Å². The van der Waals surface area contributed by atoms with Crippen molar-refractivity contribution in [3.05, 3.63) is 83.1 Å². The minimum atomic E-state index is -0.879. The minimum Gasteiger partial charge on any atom is -0.493 e. The molecule has 0 radical (unpaired) electrons. The fourth-order valence-corrected chi connectivity index (χ4v) is 8.41. The number of carbonyl (C=O) groups is 1. The van der Waals surface area contributed by atoms with E-state index in [4.69, 9.17) is 14.6 Å². The number of nitrogens with zero attached hydrogens (tertiary/aromatic N) is 4. The number of ether oxygens (including phenoxy) is 2. The van der Waals surface area contributed by atoms with Crippen molar-refractivity contribution in [1.29, 1.82) is 0 Å². The van der Waals surface area contributed by atoms with Crippen molar-refractivity contribution < 1.29 is 23.8 Å². The average Bonchev–Trinajstić information content (AvgIpc) is 3.56. The third kappa shape index (κ3) is 5.29. The molecule has 2 aliphatic heterocycles. The van der Waals surface area contributed by atoms with Crippen LogP contribution >= 0.6 is 0 Å². The molecule has 8 rings (SSSR count). The molecule has 1 saturated carbocycles. The lowest BCUT2D eigenvalue weighted by Gasteiger charge is -2.32. The van der Waals surface area contributed by atoms with Crippen LogP contribution in [-0.2, 0) is 17.7 Å². The average molecular weight is 637 g/mol. The molecule has 2 aromatic heterocycles. The van der Waals surface area contributed by atoms with Crippen LogP contribution in [0.5, 0.6) is 5.75 Å². The van der Waals surface area contributed by atoms with Gasteiger partial charge in [-0.3, -0.25) is 9.58 Å². The van der Waals surface area contributed by atoms with E-state index in [0.29, 0.717) is 30.9 Å². The summed E-state index contributed by atoms with van der Waals surface area (Å²) in [6.45, 7) is 7.82. The number of halogens is 1. The maximum atomic E-state index is 13.8. The van der Waals surface area contributed by atoms with Crippen molar-refractivity contribution in [2.75, 3.05) is 39.5 Å². The van der Waals surface area contributed by atoms with Crippen molar-refractivity contribution in [3.8, 4) is 16.9 Å². The van der Waals surface area contributed by atoms with Crippen molar-refractivity contribution >= 4 is 27.6 Å². The molecule has 9 heteroatoms. The smallest absolute Gasteiger partial charge is 0.352 e. The van der Waals surface area contributed by atoms with Crippen LogP contribution in [0.25, 0.3) is 32.8 Å². The summed E-state index contributed by atoms with van der Waals surface area (Å²) in [6, 6.07) is 16.7. The number of hydrogen-bond acceptors (Lipinski definition) is 5. The molecular weight excluding hydrogens is 595 g/mol. The molecule has 3 aromatic carbocycles. The Morgan fingerprint density at radius 2 is 1.87 bits per heavy atom. The zero-order valence-electron chi connectivity index (χ0n) is 26.9. The lowest BCUT2D eigenvalue weighted by atomic mass is 9.80. The molecule has 1 N–H and O–H groups in total. The maximum absolute atomic E-state index is 13.8. The van der Waals surface area contributed by atoms with Crippen molar-refractivity contribution in [3.63, 3.8) is 0 Å². The van der Waals surface area contributed by atoms with Crippen LogP contribution in [0.15, 0.2) is 54.6 Å². The molecule has 0 spiro atoms. The van der Waals surface area contributed by atoms with E-state index in [1.807, 2.05) is 18.2 Å². The summed E-state index contributed by atoms with van der Waals surface area (Å²) >= 11 is 0. The zero-order chi connectivity index (χ0) is 32.1. The van der Waals surface area contributed by atoms with Crippen LogP contribution in [0.1, 0.15) is 71.5 Å². The van der Waals surface area contributed by atoms with E-state index in [2.05, 4.69) is 39.3 Å². The monoisotopic (exact) mass is 636 g/mol. The first-order valence-corrected chi connectivity index (χ1v) is 17.1. The molecule has 4 heterocycles. The predicted octanol–water partition coefficient (Wildman–Crippen LogP) is 7.36. The first-order chi connectivity index (χ1) is 23.0. The highest BCUT2D eigenvalue weighted by Gasteiger charge is 2.40. The van der Waals surface area contributed by atoms with Crippen LogP contribution in [0, 0.1) is 12.7 Å². The van der Waals surface area contributed by atoms with Gasteiger partial charge in [-0.1, -0.05) is 43.2 Å². The number of morpholine rings is 1. The van der Waals surface area contributed by atoms with E-state index in [-0.39, 0.29) is 17.8 Å². The normalized spacial score (nSPS) is 19.4. The van der Waals surface area contributed by atoms with Crippen LogP contribution in [0.4, 0.5) is 4.39 Å². The maximum Gasteiger partial charge on any atom is 0.352 e.